The van der Waals surface area contributed by atoms with Crippen molar-refractivity contribution in [3.8, 4) is 17.2 Å². The van der Waals surface area contributed by atoms with Gasteiger partial charge in [0.05, 0.1) is 32.9 Å². The largest absolute Gasteiger partial charge is 0.493 e. The number of nitrogens with one attached hydrogen (secondary N) is 1. The molecule has 0 saturated carbocycles. The van der Waals surface area contributed by atoms with Gasteiger partial charge in [0.2, 0.25) is 5.75 Å². The van der Waals surface area contributed by atoms with Crippen LogP contribution in [-0.4, -0.2) is 52.4 Å². The van der Waals surface area contributed by atoms with Crippen molar-refractivity contribution >= 4 is 11.6 Å². The SMILES string of the molecule is COc1cc(C(c2cc(C(F)(F)F)ccc2Cl)N2CCCNCC2)cc(OC)c1OC. The third-order valence-corrected chi connectivity index (χ3v) is 5.70. The molecule has 1 atom stereocenters. The lowest BCUT2D eigenvalue weighted by Gasteiger charge is -2.33. The Morgan fingerprint density at radius 3 is 2.23 bits per heavy atom. The van der Waals surface area contributed by atoms with Gasteiger partial charge in [-0.2, -0.15) is 13.2 Å². The fourth-order valence-electron chi connectivity index (χ4n) is 3.90. The molecule has 0 aliphatic carbocycles. The van der Waals surface area contributed by atoms with E-state index in [0.29, 0.717) is 41.5 Å². The third-order valence-electron chi connectivity index (χ3n) is 5.36. The zero-order chi connectivity index (χ0) is 22.6. The maximum atomic E-state index is 13.5. The van der Waals surface area contributed by atoms with Crippen LogP contribution < -0.4 is 19.5 Å². The molecule has 9 heteroatoms. The molecule has 31 heavy (non-hydrogen) atoms. The molecule has 1 unspecified atom stereocenters. The minimum absolute atomic E-state index is 0.268. The Morgan fingerprint density at radius 2 is 1.65 bits per heavy atom. The van der Waals surface area contributed by atoms with E-state index in [1.165, 1.54) is 27.4 Å². The highest BCUT2D eigenvalue weighted by Crippen LogP contribution is 2.44. The fraction of sp³-hybridized carbons (Fsp3) is 0.455. The first-order chi connectivity index (χ1) is 14.8. The van der Waals surface area contributed by atoms with Crippen LogP contribution >= 0.6 is 11.6 Å². The molecule has 1 fully saturated rings. The Morgan fingerprint density at radius 1 is 0.968 bits per heavy atom. The van der Waals surface area contributed by atoms with Crippen LogP contribution in [0, 0.1) is 0 Å². The van der Waals surface area contributed by atoms with E-state index in [1.54, 1.807) is 12.1 Å². The van der Waals surface area contributed by atoms with E-state index in [-0.39, 0.29) is 5.02 Å². The van der Waals surface area contributed by atoms with Gasteiger partial charge < -0.3 is 19.5 Å². The Bertz CT molecular complexity index is 875. The van der Waals surface area contributed by atoms with E-state index >= 15 is 0 Å². The van der Waals surface area contributed by atoms with Crippen LogP contribution in [0.25, 0.3) is 0 Å². The van der Waals surface area contributed by atoms with Gasteiger partial charge >= 0.3 is 6.18 Å². The number of nitrogens with zero attached hydrogens (tertiary/aromatic N) is 1. The zero-order valence-electron chi connectivity index (χ0n) is 17.7. The highest BCUT2D eigenvalue weighted by atomic mass is 35.5. The van der Waals surface area contributed by atoms with Crippen LogP contribution in [-0.2, 0) is 6.18 Å². The van der Waals surface area contributed by atoms with Gasteiger partial charge in [-0.3, -0.25) is 4.90 Å². The monoisotopic (exact) mass is 458 g/mol. The molecule has 0 radical (unpaired) electrons. The van der Waals surface area contributed by atoms with Crippen molar-refractivity contribution in [1.29, 1.82) is 0 Å². The quantitative estimate of drug-likeness (QED) is 0.675. The molecular weight excluding hydrogens is 433 g/mol. The molecule has 2 aromatic rings. The van der Waals surface area contributed by atoms with Crippen molar-refractivity contribution in [3.63, 3.8) is 0 Å². The van der Waals surface area contributed by atoms with Crippen LogP contribution in [0.15, 0.2) is 30.3 Å². The average molecular weight is 459 g/mol. The lowest BCUT2D eigenvalue weighted by molar-refractivity contribution is -0.137. The molecule has 1 N–H and O–H groups in total. The maximum Gasteiger partial charge on any atom is 0.416 e. The van der Waals surface area contributed by atoms with Crippen molar-refractivity contribution in [1.82, 2.24) is 10.2 Å². The Balaban J connectivity index is 2.21. The number of methoxy groups -OCH3 is 3. The number of ether oxygens (including phenoxy) is 3. The second-order valence-electron chi connectivity index (χ2n) is 7.23. The summed E-state index contributed by atoms with van der Waals surface area (Å²) in [6.45, 7) is 2.90. The third kappa shape index (κ3) is 5.19. The normalized spacial score (nSPS) is 16.5. The molecule has 0 bridgehead atoms. The van der Waals surface area contributed by atoms with E-state index in [2.05, 4.69) is 10.2 Å². The van der Waals surface area contributed by atoms with Crippen LogP contribution in [0.5, 0.6) is 17.2 Å². The van der Waals surface area contributed by atoms with Crippen LogP contribution in [0.2, 0.25) is 5.02 Å². The molecule has 0 aromatic heterocycles. The number of rotatable bonds is 6. The van der Waals surface area contributed by atoms with Crippen LogP contribution in [0.4, 0.5) is 13.2 Å². The molecule has 3 rings (SSSR count). The summed E-state index contributed by atoms with van der Waals surface area (Å²) in [5.41, 5.74) is 0.350. The summed E-state index contributed by atoms with van der Waals surface area (Å²) < 4.78 is 56.8. The van der Waals surface area contributed by atoms with E-state index < -0.39 is 17.8 Å². The Hall–Kier alpha value is -2.16. The number of hydrogen-bond donors (Lipinski definition) is 1. The van der Waals surface area contributed by atoms with E-state index in [1.807, 2.05) is 0 Å². The summed E-state index contributed by atoms with van der Waals surface area (Å²) in [5.74, 6) is 1.27. The Kier molecular flexibility index (Phi) is 7.56. The van der Waals surface area contributed by atoms with E-state index in [0.717, 1.165) is 31.6 Å². The van der Waals surface area contributed by atoms with Gasteiger partial charge in [0.15, 0.2) is 11.5 Å². The molecule has 2 aromatic carbocycles. The summed E-state index contributed by atoms with van der Waals surface area (Å²) in [4.78, 5) is 2.13. The standard InChI is InChI=1S/C22H26ClF3N2O3/c1-29-18-11-14(12-19(30-2)21(18)31-3)20(28-9-4-7-27-8-10-28)16-13-15(22(24,25)26)5-6-17(16)23/h5-6,11-13,20,27H,4,7-10H2,1-3H3. The molecule has 5 nitrogen and oxygen atoms in total. The molecule has 170 valence electrons. The van der Waals surface area contributed by atoms with Gasteiger partial charge in [0, 0.05) is 24.7 Å². The topological polar surface area (TPSA) is 43.0 Å². The average Bonchev–Trinajstić information content (AvgIpc) is 3.03. The zero-order valence-corrected chi connectivity index (χ0v) is 18.4. The minimum Gasteiger partial charge on any atom is -0.493 e. The van der Waals surface area contributed by atoms with Crippen molar-refractivity contribution in [3.05, 3.63) is 52.0 Å². The maximum absolute atomic E-state index is 13.5. The highest BCUT2D eigenvalue weighted by Gasteiger charge is 2.34. The second-order valence-corrected chi connectivity index (χ2v) is 7.64. The van der Waals surface area contributed by atoms with Gasteiger partial charge in [0.1, 0.15) is 0 Å². The molecular formula is C22H26ClF3N2O3. The lowest BCUT2D eigenvalue weighted by Crippen LogP contribution is -2.33. The smallest absolute Gasteiger partial charge is 0.416 e. The highest BCUT2D eigenvalue weighted by molar-refractivity contribution is 6.31. The van der Waals surface area contributed by atoms with Crippen LogP contribution in [0.1, 0.15) is 29.2 Å². The number of alkyl halides is 3. The van der Waals surface area contributed by atoms with E-state index in [4.69, 9.17) is 25.8 Å². The van der Waals surface area contributed by atoms with Crippen LogP contribution in [0.3, 0.4) is 0 Å². The lowest BCUT2D eigenvalue weighted by atomic mass is 9.94. The first kappa shape index (κ1) is 23.5. The second kappa shape index (κ2) is 9.97. The van der Waals surface area contributed by atoms with Crippen molar-refractivity contribution < 1.29 is 27.4 Å². The fourth-order valence-corrected chi connectivity index (χ4v) is 4.12. The predicted molar refractivity (Wildman–Crippen MR) is 113 cm³/mol. The molecule has 0 spiro atoms. The molecule has 1 aliphatic rings. The molecule has 1 aliphatic heterocycles. The number of hydrogen-bond acceptors (Lipinski definition) is 5. The van der Waals surface area contributed by atoms with E-state index in [9.17, 15) is 13.2 Å². The summed E-state index contributed by atoms with van der Waals surface area (Å²) >= 11 is 6.46. The predicted octanol–water partition coefficient (Wildman–Crippen LogP) is 4.77. The summed E-state index contributed by atoms with van der Waals surface area (Å²) in [6.07, 6.45) is -3.61. The first-order valence-corrected chi connectivity index (χ1v) is 10.3. The molecule has 0 amide bonds. The van der Waals surface area contributed by atoms with Gasteiger partial charge in [0.25, 0.3) is 0 Å². The molecule has 1 heterocycles. The Labute approximate surface area is 185 Å². The van der Waals surface area contributed by atoms with Crippen molar-refractivity contribution in [2.75, 3.05) is 47.5 Å². The summed E-state index contributed by atoms with van der Waals surface area (Å²) in [6, 6.07) is 6.45. The number of halogens is 4. The first-order valence-electron chi connectivity index (χ1n) is 9.91. The van der Waals surface area contributed by atoms with Gasteiger partial charge in [-0.1, -0.05) is 11.6 Å². The van der Waals surface area contributed by atoms with Crippen molar-refractivity contribution in [2.45, 2.75) is 18.6 Å². The van der Waals surface area contributed by atoms with Gasteiger partial charge in [-0.15, -0.1) is 0 Å². The number of benzene rings is 2. The molecule has 1 saturated heterocycles. The summed E-state index contributed by atoms with van der Waals surface area (Å²) in [5, 5.41) is 3.59. The van der Waals surface area contributed by atoms with Gasteiger partial charge in [-0.05, 0) is 54.4 Å². The summed E-state index contributed by atoms with van der Waals surface area (Å²) in [7, 11) is 4.51. The minimum atomic E-state index is -4.47. The van der Waals surface area contributed by atoms with Gasteiger partial charge in [-0.25, -0.2) is 0 Å². The van der Waals surface area contributed by atoms with Crippen molar-refractivity contribution in [2.24, 2.45) is 0 Å².